The van der Waals surface area contributed by atoms with Gasteiger partial charge in [0, 0.05) is 19.7 Å². The van der Waals surface area contributed by atoms with Gasteiger partial charge in [-0.3, -0.25) is 4.90 Å². The number of benzene rings is 1. The van der Waals surface area contributed by atoms with Crippen molar-refractivity contribution >= 4 is 12.6 Å². The second-order valence-electron chi connectivity index (χ2n) is 5.04. The Morgan fingerprint density at radius 1 is 1.37 bits per heavy atom. The van der Waals surface area contributed by atoms with E-state index in [-0.39, 0.29) is 0 Å². The molecule has 0 spiro atoms. The van der Waals surface area contributed by atoms with Crippen molar-refractivity contribution in [2.75, 3.05) is 19.7 Å². The lowest BCUT2D eigenvalue weighted by Crippen LogP contribution is -2.37. The zero-order valence-corrected chi connectivity index (χ0v) is 11.5. The summed E-state index contributed by atoms with van der Waals surface area (Å²) in [7, 11) is -1.40. The maximum absolute atomic E-state index is 9.39. The highest BCUT2D eigenvalue weighted by molar-refractivity contribution is 6.59. The van der Waals surface area contributed by atoms with Crippen LogP contribution in [0.3, 0.4) is 0 Å². The minimum atomic E-state index is -1.40. The molecule has 0 bridgehead atoms. The van der Waals surface area contributed by atoms with Crippen LogP contribution in [-0.4, -0.2) is 47.9 Å². The molecule has 0 saturated carbocycles. The number of hydrogen-bond acceptors (Lipinski definition) is 4. The van der Waals surface area contributed by atoms with Gasteiger partial charge in [-0.05, 0) is 30.4 Å². The Kier molecular flexibility index (Phi) is 5.40. The van der Waals surface area contributed by atoms with Crippen LogP contribution in [0.25, 0.3) is 0 Å². The Balaban J connectivity index is 2.01. The van der Waals surface area contributed by atoms with E-state index >= 15 is 0 Å². The predicted molar refractivity (Wildman–Crippen MR) is 76.2 cm³/mol. The standard InChI is InChI=1S/C14H22BNO3/c1-2-16(11-13-7-5-9-19-13)10-12-6-3-4-8-14(12)15(17)18/h3-4,6,8,13,17-18H,2,5,7,9-11H2,1H3. The molecule has 1 aliphatic heterocycles. The summed E-state index contributed by atoms with van der Waals surface area (Å²) in [6.07, 6.45) is 2.60. The van der Waals surface area contributed by atoms with Crippen molar-refractivity contribution in [3.05, 3.63) is 29.8 Å². The van der Waals surface area contributed by atoms with Crippen molar-refractivity contribution in [2.45, 2.75) is 32.4 Å². The van der Waals surface area contributed by atoms with E-state index in [2.05, 4.69) is 11.8 Å². The summed E-state index contributed by atoms with van der Waals surface area (Å²) in [5, 5.41) is 18.8. The third-order valence-corrected chi connectivity index (χ3v) is 3.66. The number of likely N-dealkylation sites (N-methyl/N-ethyl adjacent to an activating group) is 1. The van der Waals surface area contributed by atoms with E-state index in [1.54, 1.807) is 6.07 Å². The summed E-state index contributed by atoms with van der Waals surface area (Å²) >= 11 is 0. The van der Waals surface area contributed by atoms with Gasteiger partial charge in [0.1, 0.15) is 0 Å². The molecule has 2 rings (SSSR count). The van der Waals surface area contributed by atoms with Crippen molar-refractivity contribution in [3.63, 3.8) is 0 Å². The summed E-state index contributed by atoms with van der Waals surface area (Å²) in [5.41, 5.74) is 1.56. The second kappa shape index (κ2) is 7.05. The molecule has 0 radical (unpaired) electrons. The summed E-state index contributed by atoms with van der Waals surface area (Å²) in [5.74, 6) is 0. The second-order valence-corrected chi connectivity index (χ2v) is 5.04. The van der Waals surface area contributed by atoms with E-state index in [0.29, 0.717) is 11.6 Å². The molecular formula is C14H22BNO3. The van der Waals surface area contributed by atoms with Crippen LogP contribution in [0.5, 0.6) is 0 Å². The first-order valence-electron chi connectivity index (χ1n) is 6.98. The number of rotatable bonds is 6. The van der Waals surface area contributed by atoms with Gasteiger partial charge in [0.05, 0.1) is 6.10 Å². The van der Waals surface area contributed by atoms with Gasteiger partial charge in [-0.1, -0.05) is 31.2 Å². The highest BCUT2D eigenvalue weighted by atomic mass is 16.5. The van der Waals surface area contributed by atoms with Gasteiger partial charge in [0.2, 0.25) is 0 Å². The quantitative estimate of drug-likeness (QED) is 0.728. The minimum absolute atomic E-state index is 0.325. The molecule has 4 nitrogen and oxygen atoms in total. The Morgan fingerprint density at radius 2 is 2.16 bits per heavy atom. The average molecular weight is 263 g/mol. The lowest BCUT2D eigenvalue weighted by Gasteiger charge is -2.24. The van der Waals surface area contributed by atoms with Gasteiger partial charge in [0.25, 0.3) is 0 Å². The number of hydrogen-bond donors (Lipinski definition) is 2. The number of nitrogens with zero attached hydrogens (tertiary/aromatic N) is 1. The number of ether oxygens (including phenoxy) is 1. The smallest absolute Gasteiger partial charge is 0.423 e. The van der Waals surface area contributed by atoms with E-state index in [9.17, 15) is 10.0 Å². The van der Waals surface area contributed by atoms with Gasteiger partial charge < -0.3 is 14.8 Å². The van der Waals surface area contributed by atoms with Crippen LogP contribution in [0.15, 0.2) is 24.3 Å². The van der Waals surface area contributed by atoms with Crippen molar-refractivity contribution < 1.29 is 14.8 Å². The molecule has 104 valence electrons. The van der Waals surface area contributed by atoms with Gasteiger partial charge in [-0.25, -0.2) is 0 Å². The molecule has 19 heavy (non-hydrogen) atoms. The molecule has 1 aliphatic rings. The highest BCUT2D eigenvalue weighted by Gasteiger charge is 2.21. The first-order valence-corrected chi connectivity index (χ1v) is 6.98. The SMILES string of the molecule is CCN(Cc1ccccc1B(O)O)CC1CCCO1. The molecule has 5 heteroatoms. The van der Waals surface area contributed by atoms with Crippen LogP contribution in [0, 0.1) is 0 Å². The third kappa shape index (κ3) is 4.04. The fraction of sp³-hybridized carbons (Fsp3) is 0.571. The van der Waals surface area contributed by atoms with Crippen LogP contribution < -0.4 is 5.46 Å². The summed E-state index contributed by atoms with van der Waals surface area (Å²) in [6, 6.07) is 7.47. The topological polar surface area (TPSA) is 52.9 Å². The van der Waals surface area contributed by atoms with Crippen molar-refractivity contribution in [3.8, 4) is 0 Å². The molecule has 1 unspecified atom stereocenters. The molecular weight excluding hydrogens is 241 g/mol. The van der Waals surface area contributed by atoms with Gasteiger partial charge in [-0.15, -0.1) is 0 Å². The molecule has 0 amide bonds. The van der Waals surface area contributed by atoms with Gasteiger partial charge >= 0.3 is 7.12 Å². The summed E-state index contributed by atoms with van der Waals surface area (Å²) in [4.78, 5) is 2.29. The molecule has 0 aliphatic carbocycles. The van der Waals surface area contributed by atoms with Crippen LogP contribution in [0.4, 0.5) is 0 Å². The van der Waals surface area contributed by atoms with Crippen molar-refractivity contribution in [2.24, 2.45) is 0 Å². The van der Waals surface area contributed by atoms with E-state index < -0.39 is 7.12 Å². The predicted octanol–water partition coefficient (Wildman–Crippen LogP) is 0.367. The zero-order chi connectivity index (χ0) is 13.7. The lowest BCUT2D eigenvalue weighted by atomic mass is 9.77. The molecule has 1 atom stereocenters. The Hall–Kier alpha value is -0.875. The molecule has 1 heterocycles. The normalized spacial score (nSPS) is 19.1. The highest BCUT2D eigenvalue weighted by Crippen LogP contribution is 2.14. The minimum Gasteiger partial charge on any atom is -0.423 e. The van der Waals surface area contributed by atoms with Gasteiger partial charge in [0.15, 0.2) is 0 Å². The third-order valence-electron chi connectivity index (χ3n) is 3.66. The molecule has 2 N–H and O–H groups in total. The Morgan fingerprint density at radius 3 is 2.79 bits per heavy atom. The van der Waals surface area contributed by atoms with Gasteiger partial charge in [-0.2, -0.15) is 0 Å². The molecule has 1 aromatic rings. The van der Waals surface area contributed by atoms with Crippen molar-refractivity contribution in [1.29, 1.82) is 0 Å². The Bertz CT molecular complexity index is 394. The molecule has 1 aromatic carbocycles. The zero-order valence-electron chi connectivity index (χ0n) is 11.5. The maximum Gasteiger partial charge on any atom is 0.488 e. The monoisotopic (exact) mass is 263 g/mol. The fourth-order valence-electron chi connectivity index (χ4n) is 2.55. The maximum atomic E-state index is 9.39. The van der Waals surface area contributed by atoms with E-state index in [0.717, 1.165) is 44.6 Å². The average Bonchev–Trinajstić information content (AvgIpc) is 2.91. The van der Waals surface area contributed by atoms with E-state index in [1.165, 1.54) is 0 Å². The summed E-state index contributed by atoms with van der Waals surface area (Å²) in [6.45, 7) is 5.55. The molecule has 0 aromatic heterocycles. The first kappa shape index (κ1) is 14.5. The largest absolute Gasteiger partial charge is 0.488 e. The summed E-state index contributed by atoms with van der Waals surface area (Å²) < 4.78 is 5.66. The molecule has 1 fully saturated rings. The fourth-order valence-corrected chi connectivity index (χ4v) is 2.55. The van der Waals surface area contributed by atoms with Crippen LogP contribution in [0.1, 0.15) is 25.3 Å². The van der Waals surface area contributed by atoms with Crippen molar-refractivity contribution in [1.82, 2.24) is 4.90 Å². The van der Waals surface area contributed by atoms with E-state index in [1.807, 2.05) is 18.2 Å². The Labute approximate surface area is 115 Å². The first-order chi connectivity index (χ1) is 9.20. The van der Waals surface area contributed by atoms with Crippen LogP contribution >= 0.6 is 0 Å². The van der Waals surface area contributed by atoms with Crippen LogP contribution in [-0.2, 0) is 11.3 Å². The molecule has 1 saturated heterocycles. The van der Waals surface area contributed by atoms with E-state index in [4.69, 9.17) is 4.74 Å². The van der Waals surface area contributed by atoms with Crippen LogP contribution in [0.2, 0.25) is 0 Å². The lowest BCUT2D eigenvalue weighted by molar-refractivity contribution is 0.0725.